The van der Waals surface area contributed by atoms with Gasteiger partial charge in [0.15, 0.2) is 0 Å². The van der Waals surface area contributed by atoms with Gasteiger partial charge in [0.05, 0.1) is 16.1 Å². The van der Waals surface area contributed by atoms with Crippen molar-refractivity contribution in [3.63, 3.8) is 0 Å². The van der Waals surface area contributed by atoms with Gasteiger partial charge in [-0.05, 0) is 31.2 Å². The largest absolute Gasteiger partial charge is 0.424 e. The fourth-order valence-electron chi connectivity index (χ4n) is 2.35. The number of hydrogen-bond acceptors (Lipinski definition) is 4. The molecule has 0 bridgehead atoms. The molecule has 0 aliphatic rings. The van der Waals surface area contributed by atoms with Crippen LogP contribution in [-0.2, 0) is 11.3 Å². The van der Waals surface area contributed by atoms with Gasteiger partial charge in [0.2, 0.25) is 0 Å². The lowest BCUT2D eigenvalue weighted by Crippen LogP contribution is -2.29. The number of ether oxygens (including phenoxy) is 1. The standard InChI is InChI=1S/C17H12Cl2N2O3/c1-10-12-4-2-3-5-13(12)17(23)21(20-10)9-16(22)24-15-7-6-11(18)8-14(15)19/h2-8H,9H2,1H3. The van der Waals surface area contributed by atoms with Crippen LogP contribution in [-0.4, -0.2) is 15.7 Å². The third kappa shape index (κ3) is 3.27. The van der Waals surface area contributed by atoms with Gasteiger partial charge in [-0.25, -0.2) is 9.48 Å². The van der Waals surface area contributed by atoms with Crippen molar-refractivity contribution in [2.75, 3.05) is 0 Å². The van der Waals surface area contributed by atoms with Crippen LogP contribution in [0.2, 0.25) is 10.0 Å². The summed E-state index contributed by atoms with van der Waals surface area (Å²) >= 11 is 11.8. The zero-order chi connectivity index (χ0) is 17.3. The van der Waals surface area contributed by atoms with Gasteiger partial charge in [0.25, 0.3) is 5.56 Å². The molecule has 0 atom stereocenters. The van der Waals surface area contributed by atoms with Crippen LogP contribution in [0.25, 0.3) is 10.8 Å². The van der Waals surface area contributed by atoms with Crippen molar-refractivity contribution in [1.82, 2.24) is 9.78 Å². The molecule has 5 nitrogen and oxygen atoms in total. The van der Waals surface area contributed by atoms with Crippen molar-refractivity contribution in [1.29, 1.82) is 0 Å². The Morgan fingerprint density at radius 1 is 1.17 bits per heavy atom. The van der Waals surface area contributed by atoms with E-state index in [2.05, 4.69) is 5.10 Å². The van der Waals surface area contributed by atoms with Crippen LogP contribution in [0.1, 0.15) is 5.69 Å². The maximum Gasteiger partial charge on any atom is 0.333 e. The molecule has 0 aliphatic carbocycles. The molecule has 0 amide bonds. The van der Waals surface area contributed by atoms with E-state index < -0.39 is 5.97 Å². The minimum atomic E-state index is -0.650. The predicted molar refractivity (Wildman–Crippen MR) is 92.8 cm³/mol. The smallest absolute Gasteiger partial charge is 0.333 e. The molecule has 0 radical (unpaired) electrons. The van der Waals surface area contributed by atoms with Crippen LogP contribution < -0.4 is 10.3 Å². The van der Waals surface area contributed by atoms with E-state index in [1.165, 1.54) is 12.1 Å². The van der Waals surface area contributed by atoms with Gasteiger partial charge in [-0.3, -0.25) is 4.79 Å². The van der Waals surface area contributed by atoms with Crippen LogP contribution in [0.15, 0.2) is 47.3 Å². The van der Waals surface area contributed by atoms with E-state index in [9.17, 15) is 9.59 Å². The predicted octanol–water partition coefficient (Wildman–Crippen LogP) is 3.62. The quantitative estimate of drug-likeness (QED) is 0.527. The van der Waals surface area contributed by atoms with E-state index in [1.54, 1.807) is 25.1 Å². The summed E-state index contributed by atoms with van der Waals surface area (Å²) in [6.07, 6.45) is 0. The van der Waals surface area contributed by atoms with E-state index in [-0.39, 0.29) is 22.9 Å². The van der Waals surface area contributed by atoms with Crippen LogP contribution >= 0.6 is 23.2 Å². The highest BCUT2D eigenvalue weighted by Crippen LogP contribution is 2.27. The molecule has 0 fully saturated rings. The number of rotatable bonds is 3. The number of nitrogens with zero attached hydrogens (tertiary/aromatic N) is 2. The summed E-state index contributed by atoms with van der Waals surface area (Å²) in [5.41, 5.74) is 0.304. The Morgan fingerprint density at radius 2 is 1.88 bits per heavy atom. The second-order valence-corrected chi connectivity index (χ2v) is 5.99. The Hall–Kier alpha value is -2.37. The van der Waals surface area contributed by atoms with E-state index >= 15 is 0 Å². The number of esters is 1. The maximum atomic E-state index is 12.4. The molecular weight excluding hydrogens is 351 g/mol. The summed E-state index contributed by atoms with van der Waals surface area (Å²) < 4.78 is 6.27. The van der Waals surface area contributed by atoms with Gasteiger partial charge in [-0.15, -0.1) is 0 Å². The lowest BCUT2D eigenvalue weighted by molar-refractivity contribution is -0.135. The molecule has 122 valence electrons. The number of carbonyl (C=O) groups is 1. The average Bonchev–Trinajstić information content (AvgIpc) is 2.55. The zero-order valence-electron chi connectivity index (χ0n) is 12.6. The summed E-state index contributed by atoms with van der Waals surface area (Å²) in [6, 6.07) is 11.6. The first-order valence-electron chi connectivity index (χ1n) is 7.08. The number of benzene rings is 2. The highest BCUT2D eigenvalue weighted by atomic mass is 35.5. The summed E-state index contributed by atoms with van der Waals surface area (Å²) in [5, 5.41) is 6.07. The zero-order valence-corrected chi connectivity index (χ0v) is 14.1. The molecule has 1 aromatic heterocycles. The van der Waals surface area contributed by atoms with Gasteiger partial charge in [-0.2, -0.15) is 5.10 Å². The van der Waals surface area contributed by atoms with Crippen LogP contribution in [0.4, 0.5) is 0 Å². The number of aryl methyl sites for hydroxylation is 1. The second kappa shape index (κ2) is 6.63. The minimum Gasteiger partial charge on any atom is -0.424 e. The Labute approximate surface area is 147 Å². The molecule has 7 heteroatoms. The Balaban J connectivity index is 1.88. The van der Waals surface area contributed by atoms with Gasteiger partial charge < -0.3 is 4.74 Å². The average molecular weight is 363 g/mol. The van der Waals surface area contributed by atoms with Crippen LogP contribution in [0, 0.1) is 6.92 Å². The highest BCUT2D eigenvalue weighted by Gasteiger charge is 2.13. The first-order chi connectivity index (χ1) is 11.5. The first kappa shape index (κ1) is 16.5. The van der Waals surface area contributed by atoms with Crippen molar-refractivity contribution in [3.8, 4) is 5.75 Å². The molecule has 0 N–H and O–H groups in total. The molecule has 2 aromatic carbocycles. The van der Waals surface area contributed by atoms with Gasteiger partial charge in [0.1, 0.15) is 12.3 Å². The summed E-state index contributed by atoms with van der Waals surface area (Å²) in [7, 11) is 0. The van der Waals surface area contributed by atoms with Crippen molar-refractivity contribution in [2.45, 2.75) is 13.5 Å². The monoisotopic (exact) mass is 362 g/mol. The third-order valence-corrected chi connectivity index (χ3v) is 3.98. The molecule has 3 rings (SSSR count). The van der Waals surface area contributed by atoms with Gasteiger partial charge in [0, 0.05) is 10.4 Å². The summed E-state index contributed by atoms with van der Waals surface area (Å²) in [6.45, 7) is 1.46. The first-order valence-corrected chi connectivity index (χ1v) is 7.83. The lowest BCUT2D eigenvalue weighted by Gasteiger charge is -2.09. The van der Waals surface area contributed by atoms with Gasteiger partial charge >= 0.3 is 5.97 Å². The third-order valence-electron chi connectivity index (χ3n) is 3.45. The van der Waals surface area contributed by atoms with E-state index in [1.807, 2.05) is 12.1 Å². The normalized spacial score (nSPS) is 10.8. The minimum absolute atomic E-state index is 0.177. The molecule has 0 spiro atoms. The Bertz CT molecular complexity index is 999. The van der Waals surface area contributed by atoms with Crippen molar-refractivity contribution in [2.24, 2.45) is 0 Å². The molecule has 1 heterocycles. The maximum absolute atomic E-state index is 12.4. The summed E-state index contributed by atoms with van der Waals surface area (Å²) in [4.78, 5) is 24.5. The molecule has 0 unspecified atom stereocenters. The number of halogens is 2. The SMILES string of the molecule is Cc1nn(CC(=O)Oc2ccc(Cl)cc2Cl)c(=O)c2ccccc12. The summed E-state index contributed by atoms with van der Waals surface area (Å²) in [5.74, 6) is -0.472. The Kier molecular flexibility index (Phi) is 4.55. The van der Waals surface area contributed by atoms with E-state index in [4.69, 9.17) is 27.9 Å². The van der Waals surface area contributed by atoms with Crippen molar-refractivity contribution in [3.05, 3.63) is 68.6 Å². The lowest BCUT2D eigenvalue weighted by atomic mass is 10.1. The molecule has 24 heavy (non-hydrogen) atoms. The molecule has 0 aliphatic heterocycles. The molecular formula is C17H12Cl2N2O3. The van der Waals surface area contributed by atoms with Crippen LogP contribution in [0.5, 0.6) is 5.75 Å². The fourth-order valence-corrected chi connectivity index (χ4v) is 2.79. The number of hydrogen-bond donors (Lipinski definition) is 0. The highest BCUT2D eigenvalue weighted by molar-refractivity contribution is 6.35. The number of aromatic nitrogens is 2. The number of fused-ring (bicyclic) bond motifs is 1. The van der Waals surface area contributed by atoms with Gasteiger partial charge in [-0.1, -0.05) is 41.4 Å². The Morgan fingerprint density at radius 3 is 2.58 bits per heavy atom. The molecule has 3 aromatic rings. The molecule has 0 saturated heterocycles. The van der Waals surface area contributed by atoms with Crippen molar-refractivity contribution >= 4 is 39.9 Å². The molecule has 0 saturated carbocycles. The topological polar surface area (TPSA) is 61.2 Å². The van der Waals surface area contributed by atoms with Crippen LogP contribution in [0.3, 0.4) is 0 Å². The van der Waals surface area contributed by atoms with E-state index in [0.29, 0.717) is 16.1 Å². The van der Waals surface area contributed by atoms with Crippen molar-refractivity contribution < 1.29 is 9.53 Å². The van der Waals surface area contributed by atoms with E-state index in [0.717, 1.165) is 10.1 Å². The second-order valence-electron chi connectivity index (χ2n) is 5.14. The number of carbonyl (C=O) groups excluding carboxylic acids is 1. The fraction of sp³-hybridized carbons (Fsp3) is 0.118.